The molecule has 0 spiro atoms. The Bertz CT molecular complexity index is 1250. The summed E-state index contributed by atoms with van der Waals surface area (Å²) in [7, 11) is -1.84. The minimum atomic E-state index is -1.84. The summed E-state index contributed by atoms with van der Waals surface area (Å²) in [5, 5.41) is 6.61. The smallest absolute Gasteiger partial charge is 0.272 e. The Morgan fingerprint density at radius 3 is 2.43 bits per heavy atom. The topological polar surface area (TPSA) is 75.9 Å². The zero-order valence-corrected chi connectivity index (χ0v) is 25.6. The molecule has 0 N–H and O–H groups in total. The molecule has 1 aliphatic rings. The second-order valence-electron chi connectivity index (χ2n) is 12.4. The lowest BCUT2D eigenvalue weighted by atomic mass is 10.1. The van der Waals surface area contributed by atoms with Crippen molar-refractivity contribution in [1.82, 2.24) is 24.5 Å². The lowest BCUT2D eigenvalue weighted by Gasteiger charge is -2.42. The first kappa shape index (κ1) is 27.7. The summed E-state index contributed by atoms with van der Waals surface area (Å²) in [5.41, 5.74) is 1.12. The van der Waals surface area contributed by atoms with Gasteiger partial charge in [-0.2, -0.15) is 5.10 Å². The van der Waals surface area contributed by atoms with Gasteiger partial charge < -0.3 is 14.2 Å². The number of hydrogen-bond acceptors (Lipinski definition) is 7. The predicted octanol–water partition coefficient (Wildman–Crippen LogP) is 6.10. The summed E-state index contributed by atoms with van der Waals surface area (Å²) in [6.45, 7) is 22.1. The lowest BCUT2D eigenvalue weighted by molar-refractivity contribution is 0.0564. The predicted molar refractivity (Wildman–Crippen MR) is 154 cm³/mol. The molecule has 8 nitrogen and oxygen atoms in total. The maximum Gasteiger partial charge on any atom is 0.272 e. The van der Waals surface area contributed by atoms with Gasteiger partial charge in [0.05, 0.1) is 11.8 Å². The average Bonchev–Trinajstić information content (AvgIpc) is 3.41. The van der Waals surface area contributed by atoms with Crippen LogP contribution in [-0.2, 0) is 4.43 Å². The molecule has 0 bridgehead atoms. The van der Waals surface area contributed by atoms with Crippen molar-refractivity contribution < 1.29 is 9.22 Å². The number of likely N-dealkylation sites (tertiary alicyclic amines) is 1. The molecule has 202 valence electrons. The number of aromatic nitrogens is 4. The summed E-state index contributed by atoms with van der Waals surface area (Å²) in [6, 6.07) is 1.86. The number of nitrogens with zero attached hydrogens (tertiary/aromatic N) is 6. The van der Waals surface area contributed by atoms with E-state index in [1.807, 2.05) is 27.1 Å². The molecule has 0 saturated carbocycles. The molecule has 37 heavy (non-hydrogen) atoms. The highest BCUT2D eigenvalue weighted by Crippen LogP contribution is 2.38. The van der Waals surface area contributed by atoms with Crippen LogP contribution in [0.25, 0.3) is 16.2 Å². The molecule has 0 aromatic carbocycles. The SMILES string of the molecule is CCN(c1cc(C(=O)N2CCC(O[Si](C)(C)C(C)(C)C)CC2)nc(-c2cnn3ccsc23)n1)C(C)(C)C. The summed E-state index contributed by atoms with van der Waals surface area (Å²) in [4.78, 5) is 28.6. The monoisotopic (exact) mass is 542 g/mol. The van der Waals surface area contributed by atoms with Gasteiger partial charge in [0.25, 0.3) is 5.91 Å². The van der Waals surface area contributed by atoms with Gasteiger partial charge in [-0.1, -0.05) is 20.8 Å². The number of carbonyl (C=O) groups is 1. The maximum absolute atomic E-state index is 13.8. The molecular formula is C27H42N6O2SSi. The third-order valence-electron chi connectivity index (χ3n) is 7.70. The van der Waals surface area contributed by atoms with Gasteiger partial charge in [0.1, 0.15) is 16.3 Å². The number of piperidine rings is 1. The Morgan fingerprint density at radius 1 is 1.16 bits per heavy atom. The number of anilines is 1. The summed E-state index contributed by atoms with van der Waals surface area (Å²) in [5.74, 6) is 1.25. The van der Waals surface area contributed by atoms with Crippen molar-refractivity contribution in [2.24, 2.45) is 0 Å². The first-order valence-electron chi connectivity index (χ1n) is 13.3. The van der Waals surface area contributed by atoms with E-state index >= 15 is 0 Å². The van der Waals surface area contributed by atoms with Crippen LogP contribution in [-0.4, -0.2) is 70.0 Å². The molecule has 0 atom stereocenters. The number of thiazole rings is 1. The zero-order valence-electron chi connectivity index (χ0n) is 23.8. The normalized spacial score (nSPS) is 16.0. The molecule has 10 heteroatoms. The van der Waals surface area contributed by atoms with E-state index in [0.717, 1.165) is 35.6 Å². The summed E-state index contributed by atoms with van der Waals surface area (Å²) < 4.78 is 8.47. The molecule has 3 aromatic rings. The first-order valence-corrected chi connectivity index (χ1v) is 17.0. The van der Waals surface area contributed by atoms with Gasteiger partial charge in [-0.15, -0.1) is 11.3 Å². The highest BCUT2D eigenvalue weighted by atomic mass is 32.1. The van der Waals surface area contributed by atoms with Gasteiger partial charge >= 0.3 is 0 Å². The standard InChI is InChI=1S/C27H42N6O2SSi/c1-10-32(26(2,3)4)22-17-21(29-23(30-22)20-18-28-33-15-16-36-25(20)33)24(34)31-13-11-19(12-14-31)35-37(8,9)27(5,6)7/h15-19H,10-14H2,1-9H3. The van der Waals surface area contributed by atoms with Gasteiger partial charge in [0.15, 0.2) is 14.1 Å². The van der Waals surface area contributed by atoms with Crippen LogP contribution in [0.15, 0.2) is 23.8 Å². The van der Waals surface area contributed by atoms with E-state index in [0.29, 0.717) is 24.6 Å². The Morgan fingerprint density at radius 2 is 1.84 bits per heavy atom. The number of amides is 1. The van der Waals surface area contributed by atoms with Gasteiger partial charge in [0.2, 0.25) is 0 Å². The van der Waals surface area contributed by atoms with Crippen LogP contribution in [0.5, 0.6) is 0 Å². The molecule has 0 radical (unpaired) electrons. The molecule has 3 aromatic heterocycles. The number of hydrogen-bond donors (Lipinski definition) is 0. The van der Waals surface area contributed by atoms with E-state index in [9.17, 15) is 4.79 Å². The van der Waals surface area contributed by atoms with E-state index in [4.69, 9.17) is 14.4 Å². The van der Waals surface area contributed by atoms with Crippen molar-refractivity contribution >= 4 is 36.2 Å². The van der Waals surface area contributed by atoms with Crippen molar-refractivity contribution in [2.75, 3.05) is 24.5 Å². The molecule has 1 amide bonds. The van der Waals surface area contributed by atoms with Gasteiger partial charge in [0, 0.05) is 48.9 Å². The van der Waals surface area contributed by atoms with Gasteiger partial charge in [-0.05, 0) is 58.7 Å². The van der Waals surface area contributed by atoms with Crippen molar-refractivity contribution in [3.63, 3.8) is 0 Å². The van der Waals surface area contributed by atoms with E-state index < -0.39 is 8.32 Å². The highest BCUT2D eigenvalue weighted by Gasteiger charge is 2.40. The largest absolute Gasteiger partial charge is 0.414 e. The van der Waals surface area contributed by atoms with Crippen LogP contribution in [0.2, 0.25) is 18.1 Å². The fraction of sp³-hybridized carbons (Fsp3) is 0.630. The zero-order chi connectivity index (χ0) is 27.2. The fourth-order valence-electron chi connectivity index (χ4n) is 4.60. The summed E-state index contributed by atoms with van der Waals surface area (Å²) >= 11 is 1.59. The minimum absolute atomic E-state index is 0.0461. The Labute approximate surface area is 226 Å². The van der Waals surface area contributed by atoms with Gasteiger partial charge in [-0.3, -0.25) is 4.79 Å². The van der Waals surface area contributed by atoms with Crippen LogP contribution in [0.4, 0.5) is 5.82 Å². The molecule has 1 saturated heterocycles. The maximum atomic E-state index is 13.8. The van der Waals surface area contributed by atoms with Gasteiger partial charge in [-0.25, -0.2) is 14.5 Å². The molecule has 0 unspecified atom stereocenters. The minimum Gasteiger partial charge on any atom is -0.414 e. The highest BCUT2D eigenvalue weighted by molar-refractivity contribution is 7.16. The third-order valence-corrected chi connectivity index (χ3v) is 13.1. The Kier molecular flexibility index (Phi) is 7.57. The van der Waals surface area contributed by atoms with Crippen molar-refractivity contribution in [3.8, 4) is 11.4 Å². The fourth-order valence-corrected chi connectivity index (χ4v) is 6.81. The number of fused-ring (bicyclic) bond motifs is 1. The van der Waals surface area contributed by atoms with Crippen molar-refractivity contribution in [1.29, 1.82) is 0 Å². The van der Waals surface area contributed by atoms with Crippen LogP contribution in [0.3, 0.4) is 0 Å². The van der Waals surface area contributed by atoms with E-state index in [2.05, 4.69) is 71.6 Å². The number of rotatable bonds is 6. The number of carbonyl (C=O) groups excluding carboxylic acids is 1. The second kappa shape index (κ2) is 10.1. The molecule has 4 rings (SSSR count). The molecule has 1 aliphatic heterocycles. The quantitative estimate of drug-likeness (QED) is 0.350. The second-order valence-corrected chi connectivity index (χ2v) is 18.1. The van der Waals surface area contributed by atoms with Crippen LogP contribution in [0, 0.1) is 0 Å². The Hall–Kier alpha value is -2.30. The third kappa shape index (κ3) is 5.76. The van der Waals surface area contributed by atoms with Crippen molar-refractivity contribution in [2.45, 2.75) is 91.1 Å². The van der Waals surface area contributed by atoms with Crippen LogP contribution >= 0.6 is 11.3 Å². The van der Waals surface area contributed by atoms with Crippen LogP contribution < -0.4 is 4.90 Å². The average molecular weight is 543 g/mol. The molecule has 1 fully saturated rings. The van der Waals surface area contributed by atoms with E-state index in [-0.39, 0.29) is 22.6 Å². The molecule has 4 heterocycles. The first-order chi connectivity index (χ1) is 17.2. The molecular weight excluding hydrogens is 500 g/mol. The Balaban J connectivity index is 1.61. The van der Waals surface area contributed by atoms with Crippen LogP contribution in [0.1, 0.15) is 71.8 Å². The summed E-state index contributed by atoms with van der Waals surface area (Å²) in [6.07, 6.45) is 5.62. The van der Waals surface area contributed by atoms with Crippen molar-refractivity contribution in [3.05, 3.63) is 29.5 Å². The van der Waals surface area contributed by atoms with E-state index in [1.54, 1.807) is 17.5 Å². The lowest BCUT2D eigenvalue weighted by Crippen LogP contribution is -2.48. The van der Waals surface area contributed by atoms with E-state index in [1.165, 1.54) is 0 Å². The molecule has 0 aliphatic carbocycles.